The number of Topliss-reactive ketones (excluding diaryl/α,β-unsaturated/α-hetero) is 1. The number of carbonyl (C=O) groups is 1. The van der Waals surface area contributed by atoms with E-state index in [1.807, 2.05) is 6.92 Å². The van der Waals surface area contributed by atoms with Crippen LogP contribution in [-0.2, 0) is 10.0 Å². The van der Waals surface area contributed by atoms with Crippen molar-refractivity contribution in [3.8, 4) is 0 Å². The molecule has 0 saturated heterocycles. The summed E-state index contributed by atoms with van der Waals surface area (Å²) in [5, 5.41) is 0.369. The lowest BCUT2D eigenvalue weighted by Crippen LogP contribution is -2.32. The van der Waals surface area contributed by atoms with E-state index in [4.69, 9.17) is 11.6 Å². The van der Waals surface area contributed by atoms with Crippen LogP contribution in [0.1, 0.15) is 28.8 Å². The van der Waals surface area contributed by atoms with E-state index in [0.29, 0.717) is 20.7 Å². The van der Waals surface area contributed by atoms with Gasteiger partial charge in [-0.15, -0.1) is 6.58 Å². The molecule has 1 saturated carbocycles. The number of hydrogen-bond donors (Lipinski definition) is 0. The van der Waals surface area contributed by atoms with Crippen molar-refractivity contribution >= 4 is 49.0 Å². The zero-order valence-corrected chi connectivity index (χ0v) is 17.9. The molecule has 142 valence electrons. The molecule has 1 fully saturated rings. The first-order valence-electron chi connectivity index (χ1n) is 8.49. The minimum absolute atomic E-state index is 0.0369. The Balaban J connectivity index is 2.17. The lowest BCUT2D eigenvalue weighted by atomic mass is 10.0. The van der Waals surface area contributed by atoms with E-state index in [-0.39, 0.29) is 23.1 Å². The van der Waals surface area contributed by atoms with Crippen LogP contribution in [0.3, 0.4) is 0 Å². The quantitative estimate of drug-likeness (QED) is 0.405. The number of anilines is 1. The fourth-order valence-electron chi connectivity index (χ4n) is 2.79. The second-order valence-corrected chi connectivity index (χ2v) is 9.68. The van der Waals surface area contributed by atoms with E-state index in [1.165, 1.54) is 10.4 Å². The second-order valence-electron chi connectivity index (χ2n) is 6.56. The minimum atomic E-state index is -3.88. The molecule has 0 heterocycles. The summed E-state index contributed by atoms with van der Waals surface area (Å²) in [6, 6.07) is 9.75. The lowest BCUT2D eigenvalue weighted by molar-refractivity contribution is 0.0968. The van der Waals surface area contributed by atoms with Crippen molar-refractivity contribution in [1.29, 1.82) is 0 Å². The Bertz CT molecular complexity index is 999. The Labute approximate surface area is 173 Å². The molecule has 0 radical (unpaired) electrons. The molecule has 0 bridgehead atoms. The van der Waals surface area contributed by atoms with Crippen molar-refractivity contribution in [2.75, 3.05) is 10.8 Å². The average molecular weight is 469 g/mol. The minimum Gasteiger partial charge on any atom is -0.294 e. The van der Waals surface area contributed by atoms with Gasteiger partial charge >= 0.3 is 0 Å². The predicted molar refractivity (Wildman–Crippen MR) is 112 cm³/mol. The van der Waals surface area contributed by atoms with Crippen molar-refractivity contribution < 1.29 is 13.2 Å². The van der Waals surface area contributed by atoms with Crippen LogP contribution in [0.15, 0.2) is 58.4 Å². The molecule has 0 N–H and O–H groups in total. The number of hydrogen-bond acceptors (Lipinski definition) is 3. The Morgan fingerprint density at radius 1 is 1.30 bits per heavy atom. The largest absolute Gasteiger partial charge is 0.294 e. The summed E-state index contributed by atoms with van der Waals surface area (Å²) in [4.78, 5) is 12.9. The third kappa shape index (κ3) is 4.13. The van der Waals surface area contributed by atoms with Gasteiger partial charge in [0, 0.05) is 16.0 Å². The van der Waals surface area contributed by atoms with Gasteiger partial charge in [0.25, 0.3) is 10.0 Å². The summed E-state index contributed by atoms with van der Waals surface area (Å²) >= 11 is 9.54. The van der Waals surface area contributed by atoms with E-state index in [1.54, 1.807) is 36.4 Å². The highest BCUT2D eigenvalue weighted by Gasteiger charge is 2.35. The molecule has 7 heteroatoms. The zero-order valence-electron chi connectivity index (χ0n) is 14.8. The SMILES string of the molecule is C=CCN(c1cc(Br)c(Cl)cc1C(=O)C1CC1)S(=O)(=O)c1ccc(C)cc1. The predicted octanol–water partition coefficient (Wildman–Crippen LogP) is 5.38. The third-order valence-corrected chi connectivity index (χ3v) is 7.42. The van der Waals surface area contributed by atoms with E-state index < -0.39 is 10.0 Å². The van der Waals surface area contributed by atoms with Gasteiger partial charge in [-0.2, -0.15) is 0 Å². The van der Waals surface area contributed by atoms with Gasteiger partial charge in [-0.05, 0) is 60.0 Å². The normalized spacial score (nSPS) is 14.0. The molecule has 3 rings (SSSR count). The molecule has 1 aliphatic carbocycles. The van der Waals surface area contributed by atoms with Gasteiger partial charge in [0.1, 0.15) is 0 Å². The van der Waals surface area contributed by atoms with E-state index in [2.05, 4.69) is 22.5 Å². The first-order chi connectivity index (χ1) is 12.8. The third-order valence-electron chi connectivity index (χ3n) is 4.42. The maximum Gasteiger partial charge on any atom is 0.264 e. The van der Waals surface area contributed by atoms with Crippen LogP contribution >= 0.6 is 27.5 Å². The number of carbonyl (C=O) groups excluding carboxylic acids is 1. The van der Waals surface area contributed by atoms with Crippen LogP contribution in [0.5, 0.6) is 0 Å². The summed E-state index contributed by atoms with van der Waals surface area (Å²) in [6.07, 6.45) is 3.13. The summed E-state index contributed by atoms with van der Waals surface area (Å²) in [6.45, 7) is 5.61. The van der Waals surface area contributed by atoms with Crippen LogP contribution in [0.4, 0.5) is 5.69 Å². The number of halogens is 2. The van der Waals surface area contributed by atoms with Crippen LogP contribution in [0.2, 0.25) is 5.02 Å². The highest BCUT2D eigenvalue weighted by molar-refractivity contribution is 9.10. The lowest BCUT2D eigenvalue weighted by Gasteiger charge is -2.26. The molecule has 27 heavy (non-hydrogen) atoms. The first kappa shape index (κ1) is 20.1. The van der Waals surface area contributed by atoms with Crippen molar-refractivity contribution in [1.82, 2.24) is 0 Å². The van der Waals surface area contributed by atoms with Crippen LogP contribution in [0.25, 0.3) is 0 Å². The molecule has 0 aromatic heterocycles. The van der Waals surface area contributed by atoms with Crippen LogP contribution in [-0.4, -0.2) is 20.7 Å². The van der Waals surface area contributed by atoms with Gasteiger partial charge < -0.3 is 0 Å². The maximum absolute atomic E-state index is 13.3. The van der Waals surface area contributed by atoms with Gasteiger partial charge in [-0.3, -0.25) is 9.10 Å². The standard InChI is InChI=1S/C20H19BrClNO3S/c1-3-10-23(27(25,26)15-8-4-13(2)5-9-15)19-12-17(21)18(22)11-16(19)20(24)14-6-7-14/h3-5,8-9,11-12,14H,1,6-7,10H2,2H3. The summed E-state index contributed by atoms with van der Waals surface area (Å²) in [5.74, 6) is -0.138. The van der Waals surface area contributed by atoms with E-state index >= 15 is 0 Å². The number of rotatable bonds is 7. The molecule has 4 nitrogen and oxygen atoms in total. The van der Waals surface area contributed by atoms with Gasteiger partial charge in [0.2, 0.25) is 0 Å². The van der Waals surface area contributed by atoms with E-state index in [0.717, 1.165) is 18.4 Å². The molecule has 0 amide bonds. The van der Waals surface area contributed by atoms with Crippen molar-refractivity contribution in [2.45, 2.75) is 24.7 Å². The highest BCUT2D eigenvalue weighted by Crippen LogP contribution is 2.40. The molecule has 2 aromatic rings. The first-order valence-corrected chi connectivity index (χ1v) is 11.1. The molecule has 0 unspecified atom stereocenters. The van der Waals surface area contributed by atoms with Crippen molar-refractivity contribution in [3.05, 3.63) is 69.7 Å². The van der Waals surface area contributed by atoms with Gasteiger partial charge in [-0.1, -0.05) is 35.4 Å². The van der Waals surface area contributed by atoms with Gasteiger partial charge in [0.05, 0.1) is 22.2 Å². The molecule has 0 atom stereocenters. The van der Waals surface area contributed by atoms with Crippen LogP contribution in [0, 0.1) is 12.8 Å². The number of aryl methyl sites for hydroxylation is 1. The molecule has 2 aromatic carbocycles. The van der Waals surface area contributed by atoms with Crippen LogP contribution < -0.4 is 4.31 Å². The second kappa shape index (κ2) is 7.78. The number of nitrogens with zero attached hydrogens (tertiary/aromatic N) is 1. The van der Waals surface area contributed by atoms with E-state index in [9.17, 15) is 13.2 Å². The van der Waals surface area contributed by atoms with Gasteiger partial charge in [0.15, 0.2) is 5.78 Å². The summed E-state index contributed by atoms with van der Waals surface area (Å²) in [7, 11) is -3.88. The molecular weight excluding hydrogens is 450 g/mol. The molecule has 1 aliphatic rings. The molecule has 0 aliphatic heterocycles. The highest BCUT2D eigenvalue weighted by atomic mass is 79.9. The van der Waals surface area contributed by atoms with Gasteiger partial charge in [-0.25, -0.2) is 8.42 Å². The fraction of sp³-hybridized carbons (Fsp3) is 0.250. The zero-order chi connectivity index (χ0) is 19.8. The fourth-order valence-corrected chi connectivity index (χ4v) is 4.73. The molecule has 0 spiro atoms. The summed E-state index contributed by atoms with van der Waals surface area (Å²) in [5.41, 5.74) is 1.59. The number of ketones is 1. The Morgan fingerprint density at radius 3 is 2.48 bits per heavy atom. The molecular formula is C20H19BrClNO3S. The monoisotopic (exact) mass is 467 g/mol. The topological polar surface area (TPSA) is 54.5 Å². The number of sulfonamides is 1. The Kier molecular flexibility index (Phi) is 5.79. The smallest absolute Gasteiger partial charge is 0.264 e. The Hall–Kier alpha value is -1.63. The average Bonchev–Trinajstić information content (AvgIpc) is 3.46. The number of benzene rings is 2. The van der Waals surface area contributed by atoms with Crippen molar-refractivity contribution in [2.24, 2.45) is 5.92 Å². The Morgan fingerprint density at radius 2 is 1.93 bits per heavy atom. The van der Waals surface area contributed by atoms with Crippen molar-refractivity contribution in [3.63, 3.8) is 0 Å². The summed E-state index contributed by atoms with van der Waals surface area (Å²) < 4.78 is 28.4. The maximum atomic E-state index is 13.3.